The highest BCUT2D eigenvalue weighted by molar-refractivity contribution is 5.87. The summed E-state index contributed by atoms with van der Waals surface area (Å²) in [7, 11) is 0. The van der Waals surface area contributed by atoms with Gasteiger partial charge >= 0.3 is 11.9 Å². The Bertz CT molecular complexity index is 1870. The number of benzene rings is 2. The van der Waals surface area contributed by atoms with E-state index in [2.05, 4.69) is 9.97 Å². The zero-order chi connectivity index (χ0) is 43.0. The number of hydrogen-bond acceptors (Lipinski definition) is 12. The quantitative estimate of drug-likeness (QED) is 0.111. The number of halogens is 8. The van der Waals surface area contributed by atoms with Crippen LogP contribution in [-0.4, -0.2) is 111 Å². The number of hydrogen-bond donors (Lipinski definition) is 0. The lowest BCUT2D eigenvalue weighted by molar-refractivity contribution is 0.00596. The van der Waals surface area contributed by atoms with Gasteiger partial charge in [-0.15, -0.1) is 0 Å². The first kappa shape index (κ1) is 46.0. The van der Waals surface area contributed by atoms with E-state index in [9.17, 15) is 44.7 Å². The molecule has 12 nitrogen and oxygen atoms in total. The molecule has 1 fully saturated rings. The highest BCUT2D eigenvalue weighted by atomic mass is 19.2. The molecule has 0 saturated carbocycles. The summed E-state index contributed by atoms with van der Waals surface area (Å²) in [5, 5.41) is 0. The van der Waals surface area contributed by atoms with Crippen LogP contribution in [0.25, 0.3) is 0 Å². The van der Waals surface area contributed by atoms with E-state index in [1.165, 1.54) is 24.3 Å². The third kappa shape index (κ3) is 13.4. The standard InChI is InChI=1S/C40H40F8N4O8/c41-29-19-30(42)36(46)27(35(29)45)23-59-39(53)33-5-1-3-25(49-33)21-51-7-11-55-15-17-57-13-9-52(10-14-58-18-16-56-12-8-51)22-26-4-2-6-34(50-26)40(54)60-24-28-37(47)31(43)20-32(44)38(28)48/h1-6,19-20H,7-18,21-24H2. The van der Waals surface area contributed by atoms with E-state index in [1.54, 1.807) is 12.1 Å². The molecule has 60 heavy (non-hydrogen) atoms. The fraction of sp³-hybridized carbons (Fsp3) is 0.400. The van der Waals surface area contributed by atoms with Gasteiger partial charge in [0.05, 0.1) is 75.4 Å². The molecule has 5 rings (SSSR count). The van der Waals surface area contributed by atoms with Crippen LogP contribution >= 0.6 is 0 Å². The second kappa shape index (κ2) is 23.0. The lowest BCUT2D eigenvalue weighted by Gasteiger charge is -2.23. The highest BCUT2D eigenvalue weighted by Gasteiger charge is 2.23. The van der Waals surface area contributed by atoms with Gasteiger partial charge < -0.3 is 28.4 Å². The Morgan fingerprint density at radius 1 is 0.500 bits per heavy atom. The number of nitrogens with zero attached hydrogens (tertiary/aromatic N) is 4. The molecular weight excluding hydrogens is 816 g/mol. The van der Waals surface area contributed by atoms with Gasteiger partial charge in [0, 0.05) is 51.4 Å². The van der Waals surface area contributed by atoms with E-state index >= 15 is 0 Å². The van der Waals surface area contributed by atoms with Crippen LogP contribution in [0.4, 0.5) is 35.1 Å². The topological polar surface area (TPSA) is 122 Å². The van der Waals surface area contributed by atoms with Crippen LogP contribution in [0.2, 0.25) is 0 Å². The summed E-state index contributed by atoms with van der Waals surface area (Å²) >= 11 is 0. The molecule has 0 bridgehead atoms. The number of pyridine rings is 2. The molecule has 1 aliphatic rings. The first-order valence-corrected chi connectivity index (χ1v) is 18.6. The number of aromatic nitrogens is 2. The van der Waals surface area contributed by atoms with Gasteiger partial charge in [0.15, 0.2) is 46.5 Å². The van der Waals surface area contributed by atoms with Crippen molar-refractivity contribution in [2.45, 2.75) is 26.3 Å². The summed E-state index contributed by atoms with van der Waals surface area (Å²) in [5.41, 5.74) is -1.61. The Morgan fingerprint density at radius 2 is 0.817 bits per heavy atom. The van der Waals surface area contributed by atoms with Gasteiger partial charge in [0.2, 0.25) is 0 Å². The van der Waals surface area contributed by atoms with E-state index in [0.717, 1.165) is 0 Å². The Balaban J connectivity index is 1.09. The monoisotopic (exact) mass is 856 g/mol. The summed E-state index contributed by atoms with van der Waals surface area (Å²) in [6, 6.07) is 9.15. The minimum absolute atomic E-state index is 0.0569. The van der Waals surface area contributed by atoms with E-state index in [1.807, 2.05) is 9.80 Å². The summed E-state index contributed by atoms with van der Waals surface area (Å²) in [5.74, 6) is -15.3. The first-order chi connectivity index (χ1) is 28.9. The molecule has 2 aromatic heterocycles. The number of carbonyl (C=O) groups is 2. The normalized spacial score (nSPS) is 15.9. The van der Waals surface area contributed by atoms with Gasteiger partial charge in [-0.05, 0) is 24.3 Å². The molecule has 0 radical (unpaired) electrons. The maximum Gasteiger partial charge on any atom is 0.357 e. The minimum Gasteiger partial charge on any atom is -0.456 e. The summed E-state index contributed by atoms with van der Waals surface area (Å²) < 4.78 is 143. The molecule has 3 heterocycles. The van der Waals surface area contributed by atoms with Crippen molar-refractivity contribution in [3.63, 3.8) is 0 Å². The Morgan fingerprint density at radius 3 is 1.13 bits per heavy atom. The van der Waals surface area contributed by atoms with Crippen molar-refractivity contribution < 1.29 is 73.1 Å². The second-order valence-corrected chi connectivity index (χ2v) is 13.1. The predicted octanol–water partition coefficient (Wildman–Crippen LogP) is 5.69. The zero-order valence-electron chi connectivity index (χ0n) is 32.0. The van der Waals surface area contributed by atoms with Gasteiger partial charge in [0.25, 0.3) is 0 Å². The maximum atomic E-state index is 14.0. The third-order valence-corrected chi connectivity index (χ3v) is 8.86. The Hall–Kier alpha value is -5.12. The summed E-state index contributed by atoms with van der Waals surface area (Å²) in [6.45, 7) is 2.42. The van der Waals surface area contributed by atoms with Crippen LogP contribution in [0, 0.1) is 46.5 Å². The molecule has 324 valence electrons. The van der Waals surface area contributed by atoms with Crippen molar-refractivity contribution in [3.8, 4) is 0 Å². The molecule has 2 aromatic carbocycles. The van der Waals surface area contributed by atoms with Crippen molar-refractivity contribution in [3.05, 3.63) is 129 Å². The first-order valence-electron chi connectivity index (χ1n) is 18.6. The van der Waals surface area contributed by atoms with Crippen LogP contribution in [-0.2, 0) is 54.7 Å². The van der Waals surface area contributed by atoms with Crippen molar-refractivity contribution in [1.29, 1.82) is 0 Å². The third-order valence-electron chi connectivity index (χ3n) is 8.86. The van der Waals surface area contributed by atoms with Gasteiger partial charge in [-0.3, -0.25) is 9.80 Å². The molecule has 1 aliphatic heterocycles. The molecule has 0 amide bonds. The molecule has 4 aromatic rings. The van der Waals surface area contributed by atoms with E-state index in [4.69, 9.17) is 28.4 Å². The van der Waals surface area contributed by atoms with Gasteiger partial charge in [-0.1, -0.05) is 12.1 Å². The number of esters is 2. The van der Waals surface area contributed by atoms with Crippen LogP contribution in [0.15, 0.2) is 48.5 Å². The maximum absolute atomic E-state index is 14.0. The van der Waals surface area contributed by atoms with Crippen molar-refractivity contribution >= 4 is 11.9 Å². The van der Waals surface area contributed by atoms with Crippen molar-refractivity contribution in [2.75, 3.05) is 79.0 Å². The van der Waals surface area contributed by atoms with Gasteiger partial charge in [0.1, 0.15) is 24.6 Å². The average molecular weight is 857 g/mol. The van der Waals surface area contributed by atoms with Crippen molar-refractivity contribution in [1.82, 2.24) is 19.8 Å². The largest absolute Gasteiger partial charge is 0.456 e. The van der Waals surface area contributed by atoms with E-state index in [-0.39, 0.29) is 63.0 Å². The number of carbonyl (C=O) groups excluding carboxylic acids is 2. The SMILES string of the molecule is O=C(OCc1c(F)c(F)cc(F)c1F)c1cccc(CN2CCOCCOCCN(Cc3cccc(C(=O)OCc4c(F)c(F)cc(F)c4F)n3)CCOCCOCC2)n1. The number of ether oxygens (including phenoxy) is 6. The lowest BCUT2D eigenvalue weighted by Crippen LogP contribution is -2.33. The predicted molar refractivity (Wildman–Crippen MR) is 193 cm³/mol. The molecular formula is C40H40F8N4O8. The fourth-order valence-corrected chi connectivity index (χ4v) is 5.70. The van der Waals surface area contributed by atoms with Gasteiger partial charge in [-0.2, -0.15) is 0 Å². The molecule has 0 N–H and O–H groups in total. The van der Waals surface area contributed by atoms with Crippen LogP contribution in [0.3, 0.4) is 0 Å². The highest BCUT2D eigenvalue weighted by Crippen LogP contribution is 2.22. The van der Waals surface area contributed by atoms with Crippen LogP contribution in [0.1, 0.15) is 43.5 Å². The van der Waals surface area contributed by atoms with Crippen molar-refractivity contribution in [2.24, 2.45) is 0 Å². The van der Waals surface area contributed by atoms with E-state index < -0.39 is 82.8 Å². The average Bonchev–Trinajstić information content (AvgIpc) is 3.23. The Labute approximate surface area is 338 Å². The molecule has 0 unspecified atom stereocenters. The van der Waals surface area contributed by atoms with Crippen LogP contribution < -0.4 is 0 Å². The fourth-order valence-electron chi connectivity index (χ4n) is 5.70. The zero-order valence-corrected chi connectivity index (χ0v) is 32.0. The van der Waals surface area contributed by atoms with Crippen LogP contribution in [0.5, 0.6) is 0 Å². The molecule has 0 spiro atoms. The summed E-state index contributed by atoms with van der Waals surface area (Å²) in [6.07, 6.45) is 0. The summed E-state index contributed by atoms with van der Waals surface area (Å²) in [4.78, 5) is 37.8. The Kier molecular flexibility index (Phi) is 17.6. The second-order valence-electron chi connectivity index (χ2n) is 13.1. The molecule has 20 heteroatoms. The number of rotatable bonds is 10. The molecule has 0 atom stereocenters. The van der Waals surface area contributed by atoms with Gasteiger partial charge in [-0.25, -0.2) is 54.7 Å². The smallest absolute Gasteiger partial charge is 0.357 e. The minimum atomic E-state index is -1.67. The molecule has 1 saturated heterocycles. The lowest BCUT2D eigenvalue weighted by atomic mass is 10.2. The van der Waals surface area contributed by atoms with E-state index in [0.29, 0.717) is 64.0 Å². The molecule has 0 aliphatic carbocycles.